The molecule has 172 valence electrons. The molecular formula is C26H30ClN5S. The molecule has 2 aromatic heterocycles. The molecule has 5 rings (SSSR count). The highest BCUT2D eigenvalue weighted by atomic mass is 35.5. The van der Waals surface area contributed by atoms with Gasteiger partial charge in [-0.05, 0) is 72.9 Å². The predicted octanol–water partition coefficient (Wildman–Crippen LogP) is 5.73. The van der Waals surface area contributed by atoms with Gasteiger partial charge in [0.05, 0.1) is 22.4 Å². The molecule has 2 fully saturated rings. The van der Waals surface area contributed by atoms with Gasteiger partial charge in [-0.25, -0.2) is 0 Å². The highest BCUT2D eigenvalue weighted by molar-refractivity contribution is 7.80. The Balaban J connectivity index is 1.52. The summed E-state index contributed by atoms with van der Waals surface area (Å²) in [5.41, 5.74) is 4.22. The molecule has 4 atom stereocenters. The van der Waals surface area contributed by atoms with Gasteiger partial charge in [-0.3, -0.25) is 4.98 Å². The maximum Gasteiger partial charge on any atom is 0.174 e. The van der Waals surface area contributed by atoms with Gasteiger partial charge in [0.1, 0.15) is 6.04 Å². The molecule has 2 aliphatic rings. The summed E-state index contributed by atoms with van der Waals surface area (Å²) in [6, 6.07) is 16.5. The molecule has 0 bridgehead atoms. The maximum atomic E-state index is 6.89. The number of rotatable bonds is 4. The topological polar surface area (TPSA) is 36.3 Å². The Bertz CT molecular complexity index is 1140. The van der Waals surface area contributed by atoms with Gasteiger partial charge in [-0.2, -0.15) is 0 Å². The van der Waals surface area contributed by atoms with E-state index in [4.69, 9.17) is 23.8 Å². The second-order valence-corrected chi connectivity index (χ2v) is 10.3. The van der Waals surface area contributed by atoms with Crippen LogP contribution >= 0.6 is 23.8 Å². The number of anilines is 2. The van der Waals surface area contributed by atoms with Crippen molar-refractivity contribution in [2.45, 2.75) is 32.4 Å². The number of nitrogens with one attached hydrogen (secondary N) is 1. The van der Waals surface area contributed by atoms with Crippen LogP contribution in [0.1, 0.15) is 43.7 Å². The Labute approximate surface area is 206 Å². The van der Waals surface area contributed by atoms with Crippen LogP contribution in [0.2, 0.25) is 5.02 Å². The van der Waals surface area contributed by atoms with Crippen LogP contribution in [0, 0.1) is 11.8 Å². The molecule has 7 heteroatoms. The van der Waals surface area contributed by atoms with Gasteiger partial charge in [0.2, 0.25) is 0 Å². The van der Waals surface area contributed by atoms with Crippen LogP contribution in [-0.4, -0.2) is 27.8 Å². The molecule has 1 aromatic carbocycles. The molecule has 0 aliphatic carbocycles. The number of piperidine rings is 1. The van der Waals surface area contributed by atoms with E-state index in [1.807, 2.05) is 18.3 Å². The molecule has 0 saturated carbocycles. The predicted molar refractivity (Wildman–Crippen MR) is 140 cm³/mol. The maximum absolute atomic E-state index is 6.89. The Hall–Kier alpha value is -2.57. The Morgan fingerprint density at radius 2 is 1.85 bits per heavy atom. The number of aryl methyl sites for hydroxylation is 1. The third-order valence-electron chi connectivity index (χ3n) is 6.80. The van der Waals surface area contributed by atoms with Crippen LogP contribution in [0.15, 0.2) is 60.9 Å². The van der Waals surface area contributed by atoms with Crippen LogP contribution < -0.4 is 15.1 Å². The standard InChI is InChI=1S/C26H30ClN5S/c1-17-13-18(2)16-31(15-17)22-10-9-19(14-20(22)27)32-25(23-8-6-12-30(23)3)24(29-26(32)33)21-7-4-5-11-28-21/h4-12,14,17-18,24-25H,13,15-16H2,1-3H3,(H,29,33)/t17-,18+,24-,25-/m1/s1. The number of pyridine rings is 1. The van der Waals surface area contributed by atoms with Gasteiger partial charge in [0, 0.05) is 43.9 Å². The molecule has 0 spiro atoms. The summed E-state index contributed by atoms with van der Waals surface area (Å²) >= 11 is 12.7. The zero-order valence-electron chi connectivity index (χ0n) is 19.3. The van der Waals surface area contributed by atoms with Crippen molar-refractivity contribution >= 4 is 40.3 Å². The fourth-order valence-electron chi connectivity index (χ4n) is 5.48. The zero-order chi connectivity index (χ0) is 23.1. The van der Waals surface area contributed by atoms with E-state index < -0.39 is 0 Å². The third-order valence-corrected chi connectivity index (χ3v) is 7.42. The Kier molecular flexibility index (Phi) is 6.06. The van der Waals surface area contributed by atoms with Gasteiger partial charge in [0.15, 0.2) is 5.11 Å². The Morgan fingerprint density at radius 3 is 2.48 bits per heavy atom. The number of hydrogen-bond acceptors (Lipinski definition) is 3. The molecule has 5 nitrogen and oxygen atoms in total. The zero-order valence-corrected chi connectivity index (χ0v) is 20.9. The minimum Gasteiger partial charge on any atom is -0.370 e. The smallest absolute Gasteiger partial charge is 0.174 e. The summed E-state index contributed by atoms with van der Waals surface area (Å²) in [6.45, 7) is 6.73. The van der Waals surface area contributed by atoms with E-state index in [1.54, 1.807) is 0 Å². The van der Waals surface area contributed by atoms with Crippen molar-refractivity contribution in [1.82, 2.24) is 14.9 Å². The van der Waals surface area contributed by atoms with E-state index in [1.165, 1.54) is 6.42 Å². The highest BCUT2D eigenvalue weighted by Crippen LogP contribution is 2.43. The van der Waals surface area contributed by atoms with E-state index >= 15 is 0 Å². The fourth-order valence-corrected chi connectivity index (χ4v) is 6.12. The van der Waals surface area contributed by atoms with Gasteiger partial charge < -0.3 is 19.7 Å². The van der Waals surface area contributed by atoms with E-state index in [9.17, 15) is 0 Å². The van der Waals surface area contributed by atoms with Crippen molar-refractivity contribution in [2.75, 3.05) is 22.9 Å². The van der Waals surface area contributed by atoms with Crippen LogP contribution in [0.5, 0.6) is 0 Å². The van der Waals surface area contributed by atoms with E-state index in [0.717, 1.165) is 40.9 Å². The van der Waals surface area contributed by atoms with Crippen molar-refractivity contribution in [3.63, 3.8) is 0 Å². The molecular weight excluding hydrogens is 450 g/mol. The second-order valence-electron chi connectivity index (χ2n) is 9.53. The molecule has 33 heavy (non-hydrogen) atoms. The first-order valence-corrected chi connectivity index (χ1v) is 12.4. The number of halogens is 1. The average Bonchev–Trinajstić information content (AvgIpc) is 3.35. The molecule has 0 unspecified atom stereocenters. The minimum atomic E-state index is -0.0606. The van der Waals surface area contributed by atoms with Crippen molar-refractivity contribution < 1.29 is 0 Å². The fraction of sp³-hybridized carbons (Fsp3) is 0.385. The highest BCUT2D eigenvalue weighted by Gasteiger charge is 2.42. The van der Waals surface area contributed by atoms with E-state index in [0.29, 0.717) is 16.9 Å². The molecule has 1 N–H and O–H groups in total. The van der Waals surface area contributed by atoms with Crippen molar-refractivity contribution in [3.05, 3.63) is 77.3 Å². The summed E-state index contributed by atoms with van der Waals surface area (Å²) in [5, 5.41) is 4.97. The minimum absolute atomic E-state index is 0.0376. The first-order chi connectivity index (χ1) is 15.9. The van der Waals surface area contributed by atoms with Gasteiger partial charge in [0.25, 0.3) is 0 Å². The van der Waals surface area contributed by atoms with Crippen LogP contribution in [0.3, 0.4) is 0 Å². The number of hydrogen-bond donors (Lipinski definition) is 1. The van der Waals surface area contributed by atoms with Gasteiger partial charge >= 0.3 is 0 Å². The van der Waals surface area contributed by atoms with Crippen molar-refractivity contribution in [2.24, 2.45) is 18.9 Å². The van der Waals surface area contributed by atoms with Crippen molar-refractivity contribution in [3.8, 4) is 0 Å². The summed E-state index contributed by atoms with van der Waals surface area (Å²) in [5.74, 6) is 1.33. The SMILES string of the molecule is C[C@@H]1C[C@H](C)CN(c2ccc(N3C(=S)N[C@H](c4ccccn4)[C@H]3c3cccn3C)cc2Cl)C1. The monoisotopic (exact) mass is 479 g/mol. The molecule has 2 saturated heterocycles. The lowest BCUT2D eigenvalue weighted by molar-refractivity contribution is 0.357. The van der Waals surface area contributed by atoms with Gasteiger partial charge in [-0.1, -0.05) is 31.5 Å². The summed E-state index contributed by atoms with van der Waals surface area (Å²) in [4.78, 5) is 9.24. The lowest BCUT2D eigenvalue weighted by Crippen LogP contribution is -2.38. The number of benzene rings is 1. The summed E-state index contributed by atoms with van der Waals surface area (Å²) < 4.78 is 2.15. The quantitative estimate of drug-likeness (QED) is 0.483. The normalized spacial score (nSPS) is 25.4. The number of nitrogens with zero attached hydrogens (tertiary/aromatic N) is 4. The summed E-state index contributed by atoms with van der Waals surface area (Å²) in [6.07, 6.45) is 5.17. The van der Waals surface area contributed by atoms with Crippen LogP contribution in [-0.2, 0) is 7.05 Å². The van der Waals surface area contributed by atoms with Crippen LogP contribution in [0.4, 0.5) is 11.4 Å². The second kappa shape index (κ2) is 8.99. The van der Waals surface area contributed by atoms with Crippen LogP contribution in [0.25, 0.3) is 0 Å². The lowest BCUT2D eigenvalue weighted by Gasteiger charge is -2.37. The first-order valence-electron chi connectivity index (χ1n) is 11.6. The lowest BCUT2D eigenvalue weighted by atomic mass is 9.91. The number of aromatic nitrogens is 2. The Morgan fingerprint density at radius 1 is 1.06 bits per heavy atom. The van der Waals surface area contributed by atoms with E-state index in [-0.39, 0.29) is 12.1 Å². The van der Waals surface area contributed by atoms with Crippen molar-refractivity contribution in [1.29, 1.82) is 0 Å². The average molecular weight is 480 g/mol. The first kappa shape index (κ1) is 22.2. The molecule has 3 aromatic rings. The molecule has 0 radical (unpaired) electrons. The van der Waals surface area contributed by atoms with E-state index in [2.05, 4.69) is 88.2 Å². The third kappa shape index (κ3) is 4.22. The molecule has 2 aliphatic heterocycles. The largest absolute Gasteiger partial charge is 0.370 e. The van der Waals surface area contributed by atoms with Gasteiger partial charge in [-0.15, -0.1) is 0 Å². The molecule has 0 amide bonds. The summed E-state index contributed by atoms with van der Waals surface area (Å²) in [7, 11) is 2.07. The molecule has 4 heterocycles. The number of thiocarbonyl (C=S) groups is 1.